The molecule has 0 aliphatic carbocycles. The predicted molar refractivity (Wildman–Crippen MR) is 96.7 cm³/mol. The minimum Gasteiger partial charge on any atom is -0.508 e. The zero-order valence-electron chi connectivity index (χ0n) is 14.9. The summed E-state index contributed by atoms with van der Waals surface area (Å²) in [4.78, 5) is 31.9. The van der Waals surface area contributed by atoms with Gasteiger partial charge in [-0.05, 0) is 23.6 Å². The number of aliphatic imine (C=N–C) groups is 1. The zero-order chi connectivity index (χ0) is 18.8. The largest absolute Gasteiger partial charge is 0.508 e. The van der Waals surface area contributed by atoms with E-state index >= 15 is 0 Å². The first kappa shape index (κ1) is 17.7. The molecule has 1 aromatic carbocycles. The van der Waals surface area contributed by atoms with Crippen molar-refractivity contribution < 1.29 is 14.7 Å². The minimum atomic E-state index is -0.589. The first-order chi connectivity index (χ1) is 12.4. The quantitative estimate of drug-likeness (QED) is 0.537. The summed E-state index contributed by atoms with van der Waals surface area (Å²) in [5, 5.41) is 16.0. The molecule has 3 amide bonds. The van der Waals surface area contributed by atoms with Gasteiger partial charge in [0.05, 0.1) is 6.21 Å². The highest BCUT2D eigenvalue weighted by Crippen LogP contribution is 2.24. The number of carbonyl (C=O) groups excluding carboxylic acids is 2. The van der Waals surface area contributed by atoms with E-state index in [1.54, 1.807) is 37.5 Å². The smallest absolute Gasteiger partial charge is 0.325 e. The summed E-state index contributed by atoms with van der Waals surface area (Å²) in [6.45, 7) is 4.66. The summed E-state index contributed by atoms with van der Waals surface area (Å²) in [6.07, 6.45) is 0.959. The van der Waals surface area contributed by atoms with Crippen LogP contribution in [0, 0.1) is 5.92 Å². The number of hydrogen-bond acceptors (Lipinski definition) is 7. The van der Waals surface area contributed by atoms with Crippen molar-refractivity contribution in [3.8, 4) is 5.75 Å². The van der Waals surface area contributed by atoms with Gasteiger partial charge in [-0.25, -0.2) is 15.2 Å². The van der Waals surface area contributed by atoms with Crippen LogP contribution in [0.15, 0.2) is 34.4 Å². The number of nitrogens with one attached hydrogen (secondary N) is 2. The molecule has 0 aromatic heterocycles. The van der Waals surface area contributed by atoms with Crippen molar-refractivity contribution in [1.82, 2.24) is 20.5 Å². The summed E-state index contributed by atoms with van der Waals surface area (Å²) in [5.74, 6) is 0.501. The number of imide groups is 1. The Bertz CT molecular complexity index is 776. The zero-order valence-corrected chi connectivity index (χ0v) is 14.9. The molecule has 1 fully saturated rings. The van der Waals surface area contributed by atoms with Crippen LogP contribution in [0.25, 0.3) is 0 Å². The maximum atomic E-state index is 12.3. The summed E-state index contributed by atoms with van der Waals surface area (Å²) < 4.78 is 0. The number of aromatic hydroxyl groups is 1. The Morgan fingerprint density at radius 2 is 2.19 bits per heavy atom. The van der Waals surface area contributed by atoms with E-state index in [1.807, 2.05) is 18.7 Å². The van der Waals surface area contributed by atoms with E-state index in [2.05, 4.69) is 20.8 Å². The van der Waals surface area contributed by atoms with Crippen LogP contribution in [-0.4, -0.2) is 64.8 Å². The van der Waals surface area contributed by atoms with Crippen LogP contribution in [0.5, 0.6) is 5.75 Å². The molecular formula is C17H22N6O3. The Morgan fingerprint density at radius 3 is 2.88 bits per heavy atom. The lowest BCUT2D eigenvalue weighted by Crippen LogP contribution is -2.64. The standard InChI is InChI=1S/C17H22N6O3/c1-10(2)9-23-13-14(22(3)17(26)20-15(13)25)19-16(23)21-18-8-11-5-4-6-12(24)7-11/h4-8,10,13-14,24H,9H2,1-3H3,(H,19,21)(H,20,25,26)/b18-8+. The molecule has 0 saturated carbocycles. The number of urea groups is 1. The maximum Gasteiger partial charge on any atom is 0.325 e. The molecule has 2 atom stereocenters. The molecule has 0 bridgehead atoms. The molecule has 2 heterocycles. The van der Waals surface area contributed by atoms with E-state index in [1.165, 1.54) is 4.90 Å². The third-order valence-corrected chi connectivity index (χ3v) is 4.17. The van der Waals surface area contributed by atoms with Gasteiger partial charge in [0, 0.05) is 13.6 Å². The molecule has 138 valence electrons. The van der Waals surface area contributed by atoms with Crippen LogP contribution >= 0.6 is 0 Å². The number of hydrazone groups is 1. The molecule has 2 unspecified atom stereocenters. The average molecular weight is 358 g/mol. The molecule has 3 rings (SSSR count). The van der Waals surface area contributed by atoms with Crippen molar-refractivity contribution in [2.75, 3.05) is 13.6 Å². The van der Waals surface area contributed by atoms with E-state index < -0.39 is 18.2 Å². The highest BCUT2D eigenvalue weighted by molar-refractivity contribution is 6.03. The van der Waals surface area contributed by atoms with Crippen molar-refractivity contribution in [3.63, 3.8) is 0 Å². The topological polar surface area (TPSA) is 110 Å². The van der Waals surface area contributed by atoms with Crippen LogP contribution in [0.1, 0.15) is 19.4 Å². The van der Waals surface area contributed by atoms with Gasteiger partial charge in [-0.3, -0.25) is 10.1 Å². The van der Waals surface area contributed by atoms with Gasteiger partial charge in [-0.2, -0.15) is 5.10 Å². The maximum absolute atomic E-state index is 12.3. The number of likely N-dealkylation sites (N-methyl/N-ethyl adjacent to an activating group) is 1. The number of rotatable bonds is 4. The number of carbonyl (C=O) groups is 2. The second kappa shape index (κ2) is 7.03. The number of benzene rings is 1. The van der Waals surface area contributed by atoms with Gasteiger partial charge >= 0.3 is 6.03 Å². The van der Waals surface area contributed by atoms with Crippen molar-refractivity contribution >= 4 is 24.1 Å². The normalized spacial score (nSPS) is 22.7. The average Bonchev–Trinajstić information content (AvgIpc) is 2.91. The highest BCUT2D eigenvalue weighted by atomic mass is 16.3. The second-order valence-electron chi connectivity index (χ2n) is 6.73. The van der Waals surface area contributed by atoms with Gasteiger partial charge in [-0.1, -0.05) is 26.0 Å². The van der Waals surface area contributed by atoms with E-state index in [0.717, 1.165) is 0 Å². The minimum absolute atomic E-state index is 0.149. The van der Waals surface area contributed by atoms with Gasteiger partial charge in [0.25, 0.3) is 5.91 Å². The van der Waals surface area contributed by atoms with E-state index in [0.29, 0.717) is 18.1 Å². The SMILES string of the molecule is CC(C)CN1C(N/N=C/c2cccc(O)c2)=NC2C1C(=O)NC(=O)N2C. The van der Waals surface area contributed by atoms with E-state index in [-0.39, 0.29) is 17.6 Å². The molecule has 26 heavy (non-hydrogen) atoms. The Hall–Kier alpha value is -3.10. The lowest BCUT2D eigenvalue weighted by atomic mass is 10.1. The number of amides is 3. The van der Waals surface area contributed by atoms with E-state index in [9.17, 15) is 14.7 Å². The Labute approximate surface area is 151 Å². The first-order valence-electron chi connectivity index (χ1n) is 8.37. The van der Waals surface area contributed by atoms with E-state index in [4.69, 9.17) is 0 Å². The van der Waals surface area contributed by atoms with Crippen LogP contribution in [0.2, 0.25) is 0 Å². The fourth-order valence-electron chi connectivity index (χ4n) is 2.98. The Balaban J connectivity index is 1.81. The van der Waals surface area contributed by atoms with Gasteiger partial charge in [0.15, 0.2) is 12.2 Å². The number of phenolic OH excluding ortho intramolecular Hbond substituents is 1. The summed E-state index contributed by atoms with van der Waals surface area (Å²) in [6, 6.07) is 5.62. The highest BCUT2D eigenvalue weighted by Gasteiger charge is 2.48. The number of phenols is 1. The molecule has 1 saturated heterocycles. The molecule has 9 heteroatoms. The van der Waals surface area contributed by atoms with Crippen molar-refractivity contribution in [3.05, 3.63) is 29.8 Å². The lowest BCUT2D eigenvalue weighted by molar-refractivity contribution is -0.127. The van der Waals surface area contributed by atoms with Crippen LogP contribution < -0.4 is 10.7 Å². The molecule has 0 radical (unpaired) electrons. The predicted octanol–water partition coefficient (Wildman–Crippen LogP) is 0.520. The van der Waals surface area contributed by atoms with Gasteiger partial charge in [0.1, 0.15) is 5.75 Å². The first-order valence-corrected chi connectivity index (χ1v) is 8.37. The van der Waals surface area contributed by atoms with Crippen LogP contribution in [0.3, 0.4) is 0 Å². The lowest BCUT2D eigenvalue weighted by Gasteiger charge is -2.36. The monoisotopic (exact) mass is 358 g/mol. The molecule has 3 N–H and O–H groups in total. The number of guanidine groups is 1. The number of fused-ring (bicyclic) bond motifs is 1. The fraction of sp³-hybridized carbons (Fsp3) is 0.412. The third kappa shape index (κ3) is 3.46. The molecule has 2 aliphatic rings. The summed E-state index contributed by atoms with van der Waals surface area (Å²) in [7, 11) is 1.61. The molecule has 1 aromatic rings. The van der Waals surface area contributed by atoms with Crippen molar-refractivity contribution in [2.45, 2.75) is 26.1 Å². The van der Waals surface area contributed by atoms with Gasteiger partial charge in [-0.15, -0.1) is 0 Å². The molecule has 0 spiro atoms. The number of nitrogens with zero attached hydrogens (tertiary/aromatic N) is 4. The van der Waals surface area contributed by atoms with Crippen molar-refractivity contribution in [2.24, 2.45) is 16.0 Å². The fourth-order valence-corrected chi connectivity index (χ4v) is 2.98. The summed E-state index contributed by atoms with van der Waals surface area (Å²) in [5.41, 5.74) is 3.58. The third-order valence-electron chi connectivity index (χ3n) is 4.17. The summed E-state index contributed by atoms with van der Waals surface area (Å²) >= 11 is 0. The van der Waals surface area contributed by atoms with Crippen molar-refractivity contribution in [1.29, 1.82) is 0 Å². The second-order valence-corrected chi connectivity index (χ2v) is 6.73. The molecule has 2 aliphatic heterocycles. The number of hydrogen-bond donors (Lipinski definition) is 3. The van der Waals surface area contributed by atoms with Gasteiger partial charge < -0.3 is 14.9 Å². The molecule has 9 nitrogen and oxygen atoms in total. The molecular weight excluding hydrogens is 336 g/mol. The van der Waals surface area contributed by atoms with Gasteiger partial charge in [0.2, 0.25) is 5.96 Å². The Morgan fingerprint density at radius 1 is 1.42 bits per heavy atom. The van der Waals surface area contributed by atoms with Crippen LogP contribution in [0.4, 0.5) is 4.79 Å². The van der Waals surface area contributed by atoms with Crippen LogP contribution in [-0.2, 0) is 4.79 Å². The Kier molecular flexibility index (Phi) is 4.79.